The van der Waals surface area contributed by atoms with E-state index in [1.807, 2.05) is 20.8 Å². The summed E-state index contributed by atoms with van der Waals surface area (Å²) < 4.78 is 23.2. The highest BCUT2D eigenvalue weighted by molar-refractivity contribution is 5.94. The Morgan fingerprint density at radius 1 is 0.538 bits per heavy atom. The van der Waals surface area contributed by atoms with Gasteiger partial charge in [-0.05, 0) is 123 Å². The van der Waals surface area contributed by atoms with Crippen LogP contribution in [0.15, 0.2) is 91.0 Å². The summed E-state index contributed by atoms with van der Waals surface area (Å²) in [5, 5.41) is 0. The Hall–Kier alpha value is -4.98. The number of ether oxygens (including phenoxy) is 4. The van der Waals surface area contributed by atoms with Crippen molar-refractivity contribution in [3.63, 3.8) is 0 Å². The molecule has 0 atom stereocenters. The van der Waals surface area contributed by atoms with Crippen molar-refractivity contribution in [1.29, 1.82) is 0 Å². The molecule has 0 aromatic heterocycles. The lowest BCUT2D eigenvalue weighted by molar-refractivity contribution is -0.116. The van der Waals surface area contributed by atoms with Crippen molar-refractivity contribution in [3.8, 4) is 23.0 Å². The fourth-order valence-electron chi connectivity index (χ4n) is 5.24. The van der Waals surface area contributed by atoms with Gasteiger partial charge in [0.1, 0.15) is 23.0 Å². The van der Waals surface area contributed by atoms with Gasteiger partial charge in [0.15, 0.2) is 11.6 Å². The average Bonchev–Trinajstić information content (AvgIpc) is 3.11. The largest absolute Gasteiger partial charge is 0.494 e. The minimum atomic E-state index is -0.516. The summed E-state index contributed by atoms with van der Waals surface area (Å²) in [4.78, 5) is 49.3. The van der Waals surface area contributed by atoms with Gasteiger partial charge >= 0.3 is 11.9 Å². The van der Waals surface area contributed by atoms with Crippen molar-refractivity contribution >= 4 is 23.5 Å². The molecule has 0 bridgehead atoms. The molecule has 3 aromatic rings. The van der Waals surface area contributed by atoms with E-state index in [0.29, 0.717) is 76.9 Å². The van der Waals surface area contributed by atoms with Gasteiger partial charge in [-0.25, -0.2) is 9.59 Å². The van der Waals surface area contributed by atoms with E-state index in [4.69, 9.17) is 18.9 Å². The maximum absolute atomic E-state index is 13.1. The minimum absolute atomic E-state index is 0.123. The van der Waals surface area contributed by atoms with Crippen molar-refractivity contribution in [2.45, 2.75) is 104 Å². The van der Waals surface area contributed by atoms with Gasteiger partial charge in [-0.1, -0.05) is 59.6 Å². The van der Waals surface area contributed by atoms with Gasteiger partial charge in [0, 0.05) is 18.4 Å². The first-order chi connectivity index (χ1) is 24.7. The molecule has 0 aliphatic rings. The molecule has 3 rings (SSSR count). The van der Waals surface area contributed by atoms with E-state index in [-0.39, 0.29) is 11.6 Å². The molecule has 0 N–H and O–H groups in total. The Morgan fingerprint density at radius 2 is 0.942 bits per heavy atom. The summed E-state index contributed by atoms with van der Waals surface area (Å²) in [7, 11) is 0. The highest BCUT2D eigenvalue weighted by atomic mass is 16.5. The third-order valence-corrected chi connectivity index (χ3v) is 8.44. The van der Waals surface area contributed by atoms with Crippen LogP contribution in [0.1, 0.15) is 125 Å². The zero-order valence-corrected chi connectivity index (χ0v) is 31.5. The third kappa shape index (κ3) is 14.3. The molecule has 52 heavy (non-hydrogen) atoms. The number of Topliss-reactive ketones (excluding diaryl/α,β-unsaturated/α-hetero) is 2. The van der Waals surface area contributed by atoms with E-state index < -0.39 is 17.4 Å². The average molecular weight is 711 g/mol. The van der Waals surface area contributed by atoms with Crippen LogP contribution in [0, 0.1) is 0 Å². The molecule has 0 heterocycles. The second-order valence-electron chi connectivity index (χ2n) is 14.2. The number of allylic oxidation sites excluding steroid dienone is 2. The molecule has 3 aromatic carbocycles. The number of carbonyl (C=O) groups excluding carboxylic acids is 4. The molecule has 0 aliphatic carbocycles. The van der Waals surface area contributed by atoms with Crippen LogP contribution in [-0.2, 0) is 15.0 Å². The van der Waals surface area contributed by atoms with E-state index in [0.717, 1.165) is 51.4 Å². The third-order valence-electron chi connectivity index (χ3n) is 8.44. The van der Waals surface area contributed by atoms with Crippen LogP contribution in [0.4, 0.5) is 0 Å². The molecule has 0 radical (unpaired) electrons. The number of hydrogen-bond donors (Lipinski definition) is 0. The van der Waals surface area contributed by atoms with E-state index in [2.05, 4.69) is 13.2 Å². The molecule has 8 nitrogen and oxygen atoms in total. The number of carbonyl (C=O) groups is 4. The van der Waals surface area contributed by atoms with Crippen LogP contribution in [0.3, 0.4) is 0 Å². The van der Waals surface area contributed by atoms with Gasteiger partial charge in [0.2, 0.25) is 0 Å². The highest BCUT2D eigenvalue weighted by Crippen LogP contribution is 2.35. The van der Waals surface area contributed by atoms with E-state index in [1.54, 1.807) is 80.6 Å². The molecule has 0 spiro atoms. The lowest BCUT2D eigenvalue weighted by Crippen LogP contribution is -2.17. The Morgan fingerprint density at radius 3 is 1.37 bits per heavy atom. The predicted octanol–water partition coefficient (Wildman–Crippen LogP) is 10.4. The summed E-state index contributed by atoms with van der Waals surface area (Å²) in [6.45, 7) is 17.9. The predicted molar refractivity (Wildman–Crippen MR) is 205 cm³/mol. The summed E-state index contributed by atoms with van der Waals surface area (Å²) in [5.41, 5.74) is 2.26. The molecule has 0 saturated carbocycles. The molecule has 0 saturated heterocycles. The van der Waals surface area contributed by atoms with E-state index in [1.165, 1.54) is 0 Å². The first-order valence-corrected chi connectivity index (χ1v) is 18.2. The lowest BCUT2D eigenvalue weighted by Gasteiger charge is -2.23. The van der Waals surface area contributed by atoms with Crippen molar-refractivity contribution in [2.24, 2.45) is 0 Å². The molecule has 0 fully saturated rings. The molecular weight excluding hydrogens is 656 g/mol. The van der Waals surface area contributed by atoms with Crippen LogP contribution in [0.25, 0.3) is 0 Å². The van der Waals surface area contributed by atoms with Gasteiger partial charge in [-0.2, -0.15) is 0 Å². The quantitative estimate of drug-likeness (QED) is 0.0439. The van der Waals surface area contributed by atoms with Crippen LogP contribution in [-0.4, -0.2) is 36.7 Å². The smallest absolute Gasteiger partial charge is 0.343 e. The summed E-state index contributed by atoms with van der Waals surface area (Å²) >= 11 is 0. The Balaban J connectivity index is 1.47. The fourth-order valence-corrected chi connectivity index (χ4v) is 5.24. The van der Waals surface area contributed by atoms with Crippen molar-refractivity contribution < 1.29 is 38.1 Å². The number of ketones is 2. The molecular formula is C44H54O8. The molecule has 0 unspecified atom stereocenters. The summed E-state index contributed by atoms with van der Waals surface area (Å²) in [6.07, 6.45) is 8.39. The van der Waals surface area contributed by atoms with Crippen LogP contribution >= 0.6 is 0 Å². The normalized spacial score (nSPS) is 11.0. The summed E-state index contributed by atoms with van der Waals surface area (Å²) in [5.74, 6) is 1.26. The number of rotatable bonds is 22. The lowest BCUT2D eigenvalue weighted by atomic mass is 9.86. The topological polar surface area (TPSA) is 105 Å². The minimum Gasteiger partial charge on any atom is -0.494 e. The van der Waals surface area contributed by atoms with Gasteiger partial charge in [-0.3, -0.25) is 9.59 Å². The Bertz CT molecular complexity index is 1680. The maximum atomic E-state index is 13.1. The number of esters is 2. The van der Waals surface area contributed by atoms with Crippen LogP contribution < -0.4 is 18.9 Å². The highest BCUT2D eigenvalue weighted by Gasteiger charge is 2.23. The number of unbranched alkanes of at least 4 members (excludes halogenated alkanes) is 6. The zero-order valence-electron chi connectivity index (χ0n) is 31.5. The molecule has 0 aliphatic heterocycles. The molecule has 278 valence electrons. The van der Waals surface area contributed by atoms with Gasteiger partial charge in [0.25, 0.3) is 0 Å². The molecule has 0 amide bonds. The molecule has 8 heteroatoms. The second-order valence-corrected chi connectivity index (χ2v) is 14.2. The van der Waals surface area contributed by atoms with E-state index >= 15 is 0 Å². The maximum Gasteiger partial charge on any atom is 0.343 e. The second kappa shape index (κ2) is 20.8. The summed E-state index contributed by atoms with van der Waals surface area (Å²) in [6, 6.07) is 18.6. The van der Waals surface area contributed by atoms with Gasteiger partial charge in [-0.15, -0.1) is 0 Å². The first-order valence-electron chi connectivity index (χ1n) is 18.2. The number of hydrogen-bond acceptors (Lipinski definition) is 8. The Labute approximate surface area is 309 Å². The standard InChI is InChI=1S/C44H54O8/c1-31(2)39(45)16-12-8-10-14-28-49-35-22-18-33(19-23-35)42(47)51-37-26-27-41(38(30-37)44(5,6)7)52-43(48)34-20-24-36(25-21-34)50-29-15-11-9-13-17-40(46)32(3)4/h18-27,30H,1,3,8-17,28-29H2,2,4-7H3. The van der Waals surface area contributed by atoms with Crippen molar-refractivity contribution in [3.05, 3.63) is 108 Å². The monoisotopic (exact) mass is 710 g/mol. The number of benzene rings is 3. The first kappa shape index (κ1) is 41.4. The van der Waals surface area contributed by atoms with E-state index in [9.17, 15) is 19.2 Å². The van der Waals surface area contributed by atoms with Crippen LogP contribution in [0.2, 0.25) is 0 Å². The zero-order chi connectivity index (χ0) is 38.1. The van der Waals surface area contributed by atoms with Gasteiger partial charge in [0.05, 0.1) is 24.3 Å². The fraction of sp³-hybridized carbons (Fsp3) is 0.409. The van der Waals surface area contributed by atoms with Crippen molar-refractivity contribution in [2.75, 3.05) is 13.2 Å². The van der Waals surface area contributed by atoms with Gasteiger partial charge < -0.3 is 18.9 Å². The van der Waals surface area contributed by atoms with Crippen molar-refractivity contribution in [1.82, 2.24) is 0 Å². The SMILES string of the molecule is C=C(C)C(=O)CCCCCCOc1ccc(C(=O)Oc2ccc(OC(=O)c3ccc(OCCCCCCC(=O)C(=C)C)cc3)c(C(C)(C)C)c2)cc1. The van der Waals surface area contributed by atoms with Crippen LogP contribution in [0.5, 0.6) is 23.0 Å². The Kier molecular flexibility index (Phi) is 16.5.